The minimum absolute atomic E-state index is 0.672. The lowest BCUT2D eigenvalue weighted by Crippen LogP contribution is -2.23. The van der Waals surface area contributed by atoms with Gasteiger partial charge in [0, 0.05) is 22.6 Å². The molecule has 2 aromatic rings. The van der Waals surface area contributed by atoms with Crippen molar-refractivity contribution in [2.45, 2.75) is 6.54 Å². The number of halogens is 2. The Kier molecular flexibility index (Phi) is 5.89. The summed E-state index contributed by atoms with van der Waals surface area (Å²) in [6.07, 6.45) is 0. The summed E-state index contributed by atoms with van der Waals surface area (Å²) in [6.45, 7) is 2.44. The van der Waals surface area contributed by atoms with Gasteiger partial charge in [0.05, 0.1) is 0 Å². The molecule has 2 aromatic carbocycles. The zero-order valence-electron chi connectivity index (χ0n) is 11.4. The van der Waals surface area contributed by atoms with Crippen LogP contribution in [0.4, 0.5) is 0 Å². The second kappa shape index (κ2) is 7.67. The Hall–Kier alpha value is -1.03. The van der Waals surface area contributed by atoms with Gasteiger partial charge in [-0.1, -0.05) is 39.7 Å². The van der Waals surface area contributed by atoms with Crippen molar-refractivity contribution in [1.82, 2.24) is 4.90 Å². The highest BCUT2D eigenvalue weighted by atomic mass is 79.9. The Balaban J connectivity index is 1.73. The summed E-state index contributed by atoms with van der Waals surface area (Å²) in [5, 5.41) is 0.773. The first-order valence-electron chi connectivity index (χ1n) is 6.45. The number of hydrogen-bond acceptors (Lipinski definition) is 2. The van der Waals surface area contributed by atoms with Crippen LogP contribution >= 0.6 is 27.5 Å². The predicted octanol–water partition coefficient (Wildman–Crippen LogP) is 4.61. The summed E-state index contributed by atoms with van der Waals surface area (Å²) >= 11 is 9.28. The fraction of sp³-hybridized carbons (Fsp3) is 0.250. The highest BCUT2D eigenvalue weighted by molar-refractivity contribution is 9.10. The summed E-state index contributed by atoms with van der Waals surface area (Å²) in [7, 11) is 2.08. The van der Waals surface area contributed by atoms with Gasteiger partial charge in [0.1, 0.15) is 12.4 Å². The van der Waals surface area contributed by atoms with Crippen molar-refractivity contribution in [2.24, 2.45) is 0 Å². The second-order valence-corrected chi connectivity index (χ2v) is 6.02. The Labute approximate surface area is 133 Å². The molecule has 0 N–H and O–H groups in total. The summed E-state index contributed by atoms with van der Waals surface area (Å²) in [4.78, 5) is 2.22. The maximum atomic E-state index is 5.87. The van der Waals surface area contributed by atoms with Crippen molar-refractivity contribution in [1.29, 1.82) is 0 Å². The average molecular weight is 355 g/mol. The molecule has 0 radical (unpaired) electrons. The van der Waals surface area contributed by atoms with Gasteiger partial charge in [-0.2, -0.15) is 0 Å². The number of nitrogens with zero attached hydrogens (tertiary/aromatic N) is 1. The highest BCUT2D eigenvalue weighted by Gasteiger charge is 2.01. The lowest BCUT2D eigenvalue weighted by atomic mass is 10.2. The number of rotatable bonds is 6. The van der Waals surface area contributed by atoms with E-state index >= 15 is 0 Å². The van der Waals surface area contributed by atoms with Crippen LogP contribution in [0.5, 0.6) is 5.75 Å². The van der Waals surface area contributed by atoms with Crippen LogP contribution in [0.2, 0.25) is 5.02 Å². The van der Waals surface area contributed by atoms with Gasteiger partial charge in [-0.25, -0.2) is 0 Å². The molecule has 0 spiro atoms. The molecule has 0 heterocycles. The first-order chi connectivity index (χ1) is 9.63. The molecule has 0 aliphatic rings. The van der Waals surface area contributed by atoms with Crippen LogP contribution in [-0.4, -0.2) is 25.1 Å². The van der Waals surface area contributed by atoms with E-state index < -0.39 is 0 Å². The molecule has 0 bridgehead atoms. The summed E-state index contributed by atoms with van der Waals surface area (Å²) in [5.74, 6) is 0.896. The molecule has 0 saturated carbocycles. The molecule has 4 heteroatoms. The molecule has 2 nitrogen and oxygen atoms in total. The predicted molar refractivity (Wildman–Crippen MR) is 87.4 cm³/mol. The van der Waals surface area contributed by atoms with Crippen molar-refractivity contribution in [3.05, 3.63) is 63.6 Å². The third-order valence-electron chi connectivity index (χ3n) is 2.92. The van der Waals surface area contributed by atoms with E-state index in [1.54, 1.807) is 0 Å². The number of hydrogen-bond donors (Lipinski definition) is 0. The summed E-state index contributed by atoms with van der Waals surface area (Å²) in [6, 6.07) is 15.8. The first kappa shape index (κ1) is 15.4. The van der Waals surface area contributed by atoms with E-state index in [0.29, 0.717) is 6.61 Å². The summed E-state index contributed by atoms with van der Waals surface area (Å²) < 4.78 is 6.76. The van der Waals surface area contributed by atoms with Gasteiger partial charge in [-0.05, 0) is 49.0 Å². The largest absolute Gasteiger partial charge is 0.492 e. The van der Waals surface area contributed by atoms with Crippen LogP contribution in [0.1, 0.15) is 5.56 Å². The van der Waals surface area contributed by atoms with Crippen molar-refractivity contribution >= 4 is 27.5 Å². The average Bonchev–Trinajstić information content (AvgIpc) is 2.44. The number of benzene rings is 2. The minimum Gasteiger partial charge on any atom is -0.492 e. The SMILES string of the molecule is CN(CCOc1ccc(Br)cc1)Cc1ccc(Cl)cc1. The second-order valence-electron chi connectivity index (χ2n) is 4.67. The van der Waals surface area contributed by atoms with E-state index in [9.17, 15) is 0 Å². The van der Waals surface area contributed by atoms with Crippen molar-refractivity contribution in [3.63, 3.8) is 0 Å². The van der Waals surface area contributed by atoms with E-state index in [1.165, 1.54) is 5.56 Å². The zero-order chi connectivity index (χ0) is 14.4. The molecule has 0 saturated heterocycles. The van der Waals surface area contributed by atoms with Crippen molar-refractivity contribution in [2.75, 3.05) is 20.2 Å². The zero-order valence-corrected chi connectivity index (χ0v) is 13.7. The smallest absolute Gasteiger partial charge is 0.119 e. The van der Waals surface area contributed by atoms with Gasteiger partial charge in [0.2, 0.25) is 0 Å². The van der Waals surface area contributed by atoms with Gasteiger partial charge < -0.3 is 4.74 Å². The fourth-order valence-corrected chi connectivity index (χ4v) is 2.22. The van der Waals surface area contributed by atoms with Crippen molar-refractivity contribution in [3.8, 4) is 5.75 Å². The van der Waals surface area contributed by atoms with Crippen LogP contribution < -0.4 is 4.74 Å². The molecule has 106 valence electrons. The van der Waals surface area contributed by atoms with Gasteiger partial charge >= 0.3 is 0 Å². The molecule has 0 aliphatic heterocycles. The minimum atomic E-state index is 0.672. The molecule has 0 unspecified atom stereocenters. The third kappa shape index (κ3) is 5.16. The van der Waals surface area contributed by atoms with Crippen LogP contribution in [-0.2, 0) is 6.54 Å². The molecule has 20 heavy (non-hydrogen) atoms. The van der Waals surface area contributed by atoms with E-state index in [1.807, 2.05) is 36.4 Å². The van der Waals surface area contributed by atoms with E-state index in [2.05, 4.69) is 40.0 Å². The number of likely N-dealkylation sites (N-methyl/N-ethyl adjacent to an activating group) is 1. The first-order valence-corrected chi connectivity index (χ1v) is 7.62. The lowest BCUT2D eigenvalue weighted by molar-refractivity contribution is 0.233. The maximum absolute atomic E-state index is 5.87. The molecule has 0 fully saturated rings. The van der Waals surface area contributed by atoms with E-state index in [-0.39, 0.29) is 0 Å². The standard InChI is InChI=1S/C16H17BrClNO/c1-19(12-13-2-6-15(18)7-3-13)10-11-20-16-8-4-14(17)5-9-16/h2-9H,10-12H2,1H3. The van der Waals surface area contributed by atoms with Gasteiger partial charge in [-0.3, -0.25) is 4.90 Å². The number of ether oxygens (including phenoxy) is 1. The molecular formula is C16H17BrClNO. The topological polar surface area (TPSA) is 12.5 Å². The van der Waals surface area contributed by atoms with Gasteiger partial charge in [-0.15, -0.1) is 0 Å². The third-order valence-corrected chi connectivity index (χ3v) is 3.70. The molecule has 0 amide bonds. The Morgan fingerprint density at radius 2 is 1.70 bits per heavy atom. The monoisotopic (exact) mass is 353 g/mol. The Morgan fingerprint density at radius 3 is 2.35 bits per heavy atom. The molecule has 0 aromatic heterocycles. The van der Waals surface area contributed by atoms with Crippen molar-refractivity contribution < 1.29 is 4.74 Å². The lowest BCUT2D eigenvalue weighted by Gasteiger charge is -2.17. The molecule has 2 rings (SSSR count). The fourth-order valence-electron chi connectivity index (χ4n) is 1.83. The Bertz CT molecular complexity index is 527. The van der Waals surface area contributed by atoms with Crippen LogP contribution in [0.3, 0.4) is 0 Å². The molecule has 0 aliphatic carbocycles. The molecule has 0 atom stereocenters. The quantitative estimate of drug-likeness (QED) is 0.751. The highest BCUT2D eigenvalue weighted by Crippen LogP contribution is 2.16. The maximum Gasteiger partial charge on any atom is 0.119 e. The van der Waals surface area contributed by atoms with Crippen LogP contribution in [0.15, 0.2) is 53.0 Å². The molecular weight excluding hydrogens is 338 g/mol. The van der Waals surface area contributed by atoms with Crippen LogP contribution in [0, 0.1) is 0 Å². The van der Waals surface area contributed by atoms with Gasteiger partial charge in [0.25, 0.3) is 0 Å². The normalized spacial score (nSPS) is 10.8. The van der Waals surface area contributed by atoms with Crippen LogP contribution in [0.25, 0.3) is 0 Å². The van der Waals surface area contributed by atoms with E-state index in [0.717, 1.165) is 28.3 Å². The van der Waals surface area contributed by atoms with E-state index in [4.69, 9.17) is 16.3 Å². The summed E-state index contributed by atoms with van der Waals surface area (Å²) in [5.41, 5.74) is 1.25. The van der Waals surface area contributed by atoms with Gasteiger partial charge in [0.15, 0.2) is 0 Å². The Morgan fingerprint density at radius 1 is 1.05 bits per heavy atom.